The van der Waals surface area contributed by atoms with Crippen molar-refractivity contribution in [2.75, 3.05) is 29.9 Å². The highest BCUT2D eigenvalue weighted by Gasteiger charge is 2.19. The first-order chi connectivity index (χ1) is 16.1. The molecule has 4 nitrogen and oxygen atoms in total. The van der Waals surface area contributed by atoms with Gasteiger partial charge in [0.15, 0.2) is 0 Å². The molecule has 0 fully saturated rings. The fourth-order valence-corrected chi connectivity index (χ4v) is 4.27. The molecule has 1 aliphatic heterocycles. The van der Waals surface area contributed by atoms with E-state index < -0.39 is 0 Å². The lowest BCUT2D eigenvalue weighted by Gasteiger charge is -2.32. The number of hydrogen-bond acceptors (Lipinski definition) is 4. The third kappa shape index (κ3) is 5.89. The van der Waals surface area contributed by atoms with Crippen LogP contribution in [-0.2, 0) is 24.2 Å². The van der Waals surface area contributed by atoms with Gasteiger partial charge in [-0.1, -0.05) is 24.3 Å². The van der Waals surface area contributed by atoms with E-state index in [1.165, 1.54) is 35.0 Å². The van der Waals surface area contributed by atoms with Crippen LogP contribution in [0.25, 0.3) is 0 Å². The van der Waals surface area contributed by atoms with Crippen molar-refractivity contribution in [3.05, 3.63) is 89.0 Å². The van der Waals surface area contributed by atoms with E-state index in [4.69, 9.17) is 4.74 Å². The second-order valence-electron chi connectivity index (χ2n) is 8.18. The van der Waals surface area contributed by atoms with Gasteiger partial charge in [-0.05, 0) is 66.3 Å². The predicted molar refractivity (Wildman–Crippen MR) is 127 cm³/mol. The molecule has 172 valence electrons. The van der Waals surface area contributed by atoms with E-state index in [0.717, 1.165) is 31.4 Å². The summed E-state index contributed by atoms with van der Waals surface area (Å²) in [5, 5.41) is 3.33. The van der Waals surface area contributed by atoms with Crippen LogP contribution in [0.15, 0.2) is 60.7 Å². The monoisotopic (exact) mass is 450 g/mol. The van der Waals surface area contributed by atoms with Crippen LogP contribution in [0.3, 0.4) is 0 Å². The molecule has 3 aromatic rings. The van der Waals surface area contributed by atoms with Gasteiger partial charge in [0.25, 0.3) is 0 Å². The summed E-state index contributed by atoms with van der Waals surface area (Å²) in [6.45, 7) is 2.74. The molecule has 33 heavy (non-hydrogen) atoms. The number of nitrogens with zero attached hydrogens (tertiary/aromatic N) is 1. The van der Waals surface area contributed by atoms with Gasteiger partial charge in [0, 0.05) is 37.0 Å². The summed E-state index contributed by atoms with van der Waals surface area (Å²) in [6, 6.07) is 17.6. The zero-order valence-corrected chi connectivity index (χ0v) is 18.5. The van der Waals surface area contributed by atoms with Crippen molar-refractivity contribution in [2.45, 2.75) is 32.2 Å². The van der Waals surface area contributed by atoms with Crippen LogP contribution >= 0.6 is 0 Å². The number of carbonyl (C=O) groups excluding carboxylic acids is 1. The Bertz CT molecular complexity index is 1100. The van der Waals surface area contributed by atoms with Crippen molar-refractivity contribution >= 4 is 17.7 Å². The van der Waals surface area contributed by atoms with Crippen molar-refractivity contribution < 1.29 is 18.3 Å². The Balaban J connectivity index is 1.39. The Morgan fingerprint density at radius 1 is 1.03 bits per heavy atom. The van der Waals surface area contributed by atoms with Crippen LogP contribution < -0.4 is 15.0 Å². The summed E-state index contributed by atoms with van der Waals surface area (Å²) in [7, 11) is 0. The molecule has 0 aromatic heterocycles. The second-order valence-corrected chi connectivity index (χ2v) is 8.18. The molecule has 0 saturated heterocycles. The van der Waals surface area contributed by atoms with E-state index in [-0.39, 0.29) is 11.6 Å². The smallest absolute Gasteiger partial charge is 0.128 e. The van der Waals surface area contributed by atoms with Crippen molar-refractivity contribution in [3.8, 4) is 5.75 Å². The number of carbonyl (C=O) groups is 1. The highest BCUT2D eigenvalue weighted by Crippen LogP contribution is 2.30. The standard InChI is InChI=1S/C27H28F2N2O2/c28-22-7-2-8-24(17-22)33-16-14-31-13-3-9-25-21(5-1-10-27(25)31)19-30-23-12-11-20(6-4-15-32)26(29)18-23/h1-2,5,7-8,10-12,15,17-18,30H,3-4,6,9,13-14,16,19H2. The minimum Gasteiger partial charge on any atom is -0.492 e. The van der Waals surface area contributed by atoms with Gasteiger partial charge in [-0.3, -0.25) is 0 Å². The fourth-order valence-electron chi connectivity index (χ4n) is 4.27. The molecule has 1 aliphatic rings. The lowest BCUT2D eigenvalue weighted by molar-refractivity contribution is -0.107. The number of aldehydes is 1. The molecule has 0 atom stereocenters. The molecule has 3 aromatic carbocycles. The fraction of sp³-hybridized carbons (Fsp3) is 0.296. The Morgan fingerprint density at radius 3 is 2.73 bits per heavy atom. The van der Waals surface area contributed by atoms with Gasteiger partial charge in [-0.15, -0.1) is 0 Å². The highest BCUT2D eigenvalue weighted by molar-refractivity contribution is 5.59. The average molecular weight is 451 g/mol. The van der Waals surface area contributed by atoms with E-state index in [9.17, 15) is 13.6 Å². The van der Waals surface area contributed by atoms with E-state index >= 15 is 0 Å². The van der Waals surface area contributed by atoms with Gasteiger partial charge in [-0.25, -0.2) is 8.78 Å². The topological polar surface area (TPSA) is 41.6 Å². The number of anilines is 2. The first kappa shape index (κ1) is 22.8. The van der Waals surface area contributed by atoms with E-state index in [1.54, 1.807) is 18.2 Å². The number of nitrogens with one attached hydrogen (secondary N) is 1. The first-order valence-corrected chi connectivity index (χ1v) is 11.3. The van der Waals surface area contributed by atoms with E-state index in [2.05, 4.69) is 22.3 Å². The molecular weight excluding hydrogens is 422 g/mol. The molecule has 0 amide bonds. The summed E-state index contributed by atoms with van der Waals surface area (Å²) >= 11 is 0. The Kier molecular flexibility index (Phi) is 7.55. The lowest BCUT2D eigenvalue weighted by Crippen LogP contribution is -2.33. The van der Waals surface area contributed by atoms with Crippen molar-refractivity contribution in [3.63, 3.8) is 0 Å². The van der Waals surface area contributed by atoms with Gasteiger partial charge < -0.3 is 19.7 Å². The van der Waals surface area contributed by atoms with Crippen molar-refractivity contribution in [1.29, 1.82) is 0 Å². The number of halogens is 2. The van der Waals surface area contributed by atoms with Crippen LogP contribution in [0.4, 0.5) is 20.2 Å². The first-order valence-electron chi connectivity index (χ1n) is 11.3. The maximum atomic E-state index is 14.3. The Morgan fingerprint density at radius 2 is 1.91 bits per heavy atom. The summed E-state index contributed by atoms with van der Waals surface area (Å²) in [4.78, 5) is 12.8. The Labute approximate surface area is 193 Å². The second kappa shape index (κ2) is 10.9. The molecule has 1 heterocycles. The van der Waals surface area contributed by atoms with Gasteiger partial charge in [0.05, 0.1) is 6.54 Å². The summed E-state index contributed by atoms with van der Waals surface area (Å²) < 4.78 is 33.4. The van der Waals surface area contributed by atoms with Gasteiger partial charge >= 0.3 is 0 Å². The Hall–Kier alpha value is -3.41. The maximum Gasteiger partial charge on any atom is 0.128 e. The average Bonchev–Trinajstić information content (AvgIpc) is 2.82. The molecular formula is C27H28F2N2O2. The van der Waals surface area contributed by atoms with E-state index in [1.807, 2.05) is 12.1 Å². The zero-order chi connectivity index (χ0) is 23.0. The summed E-state index contributed by atoms with van der Waals surface area (Å²) in [6.07, 6.45) is 3.59. The van der Waals surface area contributed by atoms with Crippen LogP contribution in [0.1, 0.15) is 29.5 Å². The molecule has 0 spiro atoms. The number of benzene rings is 3. The van der Waals surface area contributed by atoms with Crippen LogP contribution in [0.5, 0.6) is 5.75 Å². The molecule has 0 radical (unpaired) electrons. The molecule has 1 N–H and O–H groups in total. The minimum atomic E-state index is -0.302. The quantitative estimate of drug-likeness (QED) is 0.412. The van der Waals surface area contributed by atoms with Crippen LogP contribution in [-0.4, -0.2) is 26.0 Å². The molecule has 0 bridgehead atoms. The number of rotatable bonds is 10. The normalized spacial score (nSPS) is 12.8. The molecule has 0 aliphatic carbocycles. The predicted octanol–water partition coefficient (Wildman–Crippen LogP) is 5.54. The molecule has 0 saturated carbocycles. The SMILES string of the molecule is O=CCCc1ccc(NCc2cccc3c2CCCN3CCOc2cccc(F)c2)cc1F. The number of ether oxygens (including phenoxy) is 1. The van der Waals surface area contributed by atoms with E-state index in [0.29, 0.717) is 43.9 Å². The van der Waals surface area contributed by atoms with Crippen molar-refractivity contribution in [2.24, 2.45) is 0 Å². The summed E-state index contributed by atoms with van der Waals surface area (Å²) in [5.41, 5.74) is 4.95. The summed E-state index contributed by atoms with van der Waals surface area (Å²) in [5.74, 6) is -0.0561. The molecule has 4 rings (SSSR count). The third-order valence-electron chi connectivity index (χ3n) is 5.94. The lowest BCUT2D eigenvalue weighted by atomic mass is 9.96. The van der Waals surface area contributed by atoms with Crippen molar-refractivity contribution in [1.82, 2.24) is 0 Å². The largest absolute Gasteiger partial charge is 0.492 e. The number of fused-ring (bicyclic) bond motifs is 1. The third-order valence-corrected chi connectivity index (χ3v) is 5.94. The number of aryl methyl sites for hydroxylation is 1. The zero-order valence-electron chi connectivity index (χ0n) is 18.5. The van der Waals surface area contributed by atoms with Gasteiger partial charge in [0.2, 0.25) is 0 Å². The van der Waals surface area contributed by atoms with Gasteiger partial charge in [0.1, 0.15) is 30.3 Å². The van der Waals surface area contributed by atoms with Gasteiger partial charge in [-0.2, -0.15) is 0 Å². The van der Waals surface area contributed by atoms with Crippen LogP contribution in [0.2, 0.25) is 0 Å². The highest BCUT2D eigenvalue weighted by atomic mass is 19.1. The minimum absolute atomic E-state index is 0.290. The molecule has 6 heteroatoms. The number of hydrogen-bond donors (Lipinski definition) is 1. The molecule has 0 unspecified atom stereocenters. The van der Waals surface area contributed by atoms with Crippen LogP contribution in [0, 0.1) is 11.6 Å². The maximum absolute atomic E-state index is 14.3.